The lowest BCUT2D eigenvalue weighted by Crippen LogP contribution is -2.23. The molecule has 0 bridgehead atoms. The number of hydrogen-bond donors (Lipinski definition) is 2. The molecule has 0 saturated carbocycles. The Labute approximate surface area is 148 Å². The van der Waals surface area contributed by atoms with Crippen LogP contribution < -0.4 is 11.1 Å². The monoisotopic (exact) mass is 408 g/mol. The Morgan fingerprint density at radius 1 is 1.18 bits per heavy atom. The van der Waals surface area contributed by atoms with Crippen LogP contribution in [0.4, 0.5) is 5.69 Å². The Balaban J connectivity index is 0.00000176. The summed E-state index contributed by atoms with van der Waals surface area (Å²) < 4.78 is 0. The Morgan fingerprint density at radius 2 is 2.05 bits per heavy atom. The van der Waals surface area contributed by atoms with Gasteiger partial charge in [-0.2, -0.15) is 0 Å². The van der Waals surface area contributed by atoms with E-state index in [1.165, 1.54) is 30.4 Å². The van der Waals surface area contributed by atoms with E-state index in [1.807, 2.05) is 18.2 Å². The number of nitrogens with two attached hydrogens (primary N) is 1. The van der Waals surface area contributed by atoms with Crippen molar-refractivity contribution in [2.75, 3.05) is 11.9 Å². The summed E-state index contributed by atoms with van der Waals surface area (Å²) >= 11 is 0. The first-order valence-corrected chi connectivity index (χ1v) is 7.40. The molecule has 116 valence electrons. The molecule has 0 aliphatic heterocycles. The number of halogens is 1. The lowest BCUT2D eigenvalue weighted by atomic mass is 10.1. The number of nitrogens with zero attached hydrogens (tertiary/aromatic N) is 2. The number of guanidine groups is 1. The minimum absolute atomic E-state index is 0. The Hall–Kier alpha value is -1.63. The number of fused-ring (bicyclic) bond motifs is 1. The highest BCUT2D eigenvalue weighted by atomic mass is 127. The van der Waals surface area contributed by atoms with Crippen LogP contribution in [-0.4, -0.2) is 17.5 Å². The molecule has 1 aromatic heterocycles. The van der Waals surface area contributed by atoms with Crippen molar-refractivity contribution in [2.24, 2.45) is 10.7 Å². The second kappa shape index (κ2) is 8.12. The lowest BCUT2D eigenvalue weighted by molar-refractivity contribution is 0.912. The quantitative estimate of drug-likeness (QED) is 0.464. The van der Waals surface area contributed by atoms with Crippen LogP contribution in [-0.2, 0) is 19.3 Å². The molecular weight excluding hydrogens is 387 g/mol. The molecule has 1 heterocycles. The van der Waals surface area contributed by atoms with Gasteiger partial charge in [-0.3, -0.25) is 9.98 Å². The smallest absolute Gasteiger partial charge is 0.193 e. The van der Waals surface area contributed by atoms with E-state index in [0.717, 1.165) is 17.8 Å². The summed E-state index contributed by atoms with van der Waals surface area (Å²) in [6.07, 6.45) is 6.22. The number of anilines is 1. The van der Waals surface area contributed by atoms with E-state index in [4.69, 9.17) is 5.73 Å². The van der Waals surface area contributed by atoms with Crippen LogP contribution in [0.2, 0.25) is 0 Å². The molecule has 0 radical (unpaired) electrons. The van der Waals surface area contributed by atoms with E-state index in [-0.39, 0.29) is 24.0 Å². The van der Waals surface area contributed by atoms with Gasteiger partial charge in [-0.1, -0.05) is 12.1 Å². The molecule has 2 aromatic rings. The number of aliphatic imine (C=N–C) groups is 1. The van der Waals surface area contributed by atoms with Crippen LogP contribution in [0.5, 0.6) is 0 Å². The summed E-state index contributed by atoms with van der Waals surface area (Å²) in [5, 5.41) is 3.17. The van der Waals surface area contributed by atoms with Crippen molar-refractivity contribution < 1.29 is 0 Å². The maximum absolute atomic E-state index is 5.93. The molecular formula is C17H21IN4. The number of nitrogens with one attached hydrogen (secondary N) is 1. The summed E-state index contributed by atoms with van der Waals surface area (Å²) in [5.74, 6) is 0.462. The van der Waals surface area contributed by atoms with Crippen molar-refractivity contribution in [1.82, 2.24) is 4.98 Å². The van der Waals surface area contributed by atoms with Crippen LogP contribution in [0.1, 0.15) is 23.2 Å². The van der Waals surface area contributed by atoms with Crippen molar-refractivity contribution >= 4 is 35.6 Å². The number of benzene rings is 1. The highest BCUT2D eigenvalue weighted by Gasteiger charge is 2.10. The number of rotatable bonds is 4. The van der Waals surface area contributed by atoms with Gasteiger partial charge in [-0.05, 0) is 54.7 Å². The molecule has 3 rings (SSSR count). The average molecular weight is 408 g/mol. The number of pyridine rings is 1. The molecule has 22 heavy (non-hydrogen) atoms. The topological polar surface area (TPSA) is 63.3 Å². The van der Waals surface area contributed by atoms with Gasteiger partial charge in [0.15, 0.2) is 5.96 Å². The standard InChI is InChI=1S/C17H20N4.HI/c18-17(20-11-9-15-6-1-2-10-19-15)21-16-8-7-13-4-3-5-14(13)12-16;/h1-2,6-8,10,12H,3-5,9,11H2,(H3,18,20,21);1H. The number of hydrogen-bond acceptors (Lipinski definition) is 2. The van der Waals surface area contributed by atoms with Gasteiger partial charge in [0.2, 0.25) is 0 Å². The second-order valence-electron chi connectivity index (χ2n) is 5.30. The average Bonchev–Trinajstić information content (AvgIpc) is 2.96. The Morgan fingerprint density at radius 3 is 2.86 bits per heavy atom. The fourth-order valence-corrected chi connectivity index (χ4v) is 2.67. The molecule has 0 atom stereocenters. The van der Waals surface area contributed by atoms with Gasteiger partial charge in [0.05, 0.1) is 0 Å². The minimum atomic E-state index is 0. The Kier molecular flexibility index (Phi) is 6.18. The SMILES string of the molecule is I.NC(=NCCc1ccccn1)Nc1ccc2c(c1)CCC2. The molecule has 1 aliphatic rings. The Bertz CT molecular complexity index is 640. The largest absolute Gasteiger partial charge is 0.370 e. The fraction of sp³-hybridized carbons (Fsp3) is 0.294. The van der Waals surface area contributed by atoms with Crippen molar-refractivity contribution in [3.05, 3.63) is 59.4 Å². The molecule has 3 N–H and O–H groups in total. The normalized spacial score (nSPS) is 13.4. The minimum Gasteiger partial charge on any atom is -0.370 e. The highest BCUT2D eigenvalue weighted by molar-refractivity contribution is 14.0. The van der Waals surface area contributed by atoms with Gasteiger partial charge in [-0.25, -0.2) is 0 Å². The molecule has 4 nitrogen and oxygen atoms in total. The second-order valence-corrected chi connectivity index (χ2v) is 5.30. The van der Waals surface area contributed by atoms with Crippen molar-refractivity contribution in [3.8, 4) is 0 Å². The first kappa shape index (κ1) is 16.7. The van der Waals surface area contributed by atoms with E-state index >= 15 is 0 Å². The number of aryl methyl sites for hydroxylation is 2. The predicted octanol–water partition coefficient (Wildman–Crippen LogP) is 3.16. The maximum atomic E-state index is 5.93. The van der Waals surface area contributed by atoms with Gasteiger partial charge in [0.25, 0.3) is 0 Å². The van der Waals surface area contributed by atoms with Gasteiger partial charge in [0, 0.05) is 30.5 Å². The maximum Gasteiger partial charge on any atom is 0.193 e. The third-order valence-corrected chi connectivity index (χ3v) is 3.75. The van der Waals surface area contributed by atoms with E-state index in [2.05, 4.69) is 33.5 Å². The van der Waals surface area contributed by atoms with Crippen LogP contribution >= 0.6 is 24.0 Å². The summed E-state index contributed by atoms with van der Waals surface area (Å²) in [5.41, 5.74) is 10.9. The van der Waals surface area contributed by atoms with Crippen LogP contribution in [0.15, 0.2) is 47.6 Å². The first-order valence-electron chi connectivity index (χ1n) is 7.40. The van der Waals surface area contributed by atoms with Crippen LogP contribution in [0.3, 0.4) is 0 Å². The molecule has 0 fully saturated rings. The molecule has 1 aliphatic carbocycles. The summed E-state index contributed by atoms with van der Waals surface area (Å²) in [6, 6.07) is 12.3. The lowest BCUT2D eigenvalue weighted by Gasteiger charge is -2.08. The molecule has 0 spiro atoms. The molecule has 1 aromatic carbocycles. The van der Waals surface area contributed by atoms with Crippen molar-refractivity contribution in [3.63, 3.8) is 0 Å². The van der Waals surface area contributed by atoms with E-state index < -0.39 is 0 Å². The summed E-state index contributed by atoms with van der Waals surface area (Å²) in [6.45, 7) is 0.640. The third kappa shape index (κ3) is 4.43. The van der Waals surface area contributed by atoms with E-state index in [9.17, 15) is 0 Å². The predicted molar refractivity (Wildman–Crippen MR) is 102 cm³/mol. The zero-order chi connectivity index (χ0) is 14.5. The van der Waals surface area contributed by atoms with Crippen LogP contribution in [0, 0.1) is 0 Å². The van der Waals surface area contributed by atoms with E-state index in [0.29, 0.717) is 12.5 Å². The molecule has 5 heteroatoms. The molecule has 0 unspecified atom stereocenters. The van der Waals surface area contributed by atoms with Crippen LogP contribution in [0.25, 0.3) is 0 Å². The van der Waals surface area contributed by atoms with Gasteiger partial charge in [0.1, 0.15) is 0 Å². The van der Waals surface area contributed by atoms with Crippen molar-refractivity contribution in [1.29, 1.82) is 0 Å². The van der Waals surface area contributed by atoms with Gasteiger partial charge in [-0.15, -0.1) is 24.0 Å². The molecule has 0 saturated heterocycles. The first-order chi connectivity index (χ1) is 10.3. The summed E-state index contributed by atoms with van der Waals surface area (Å²) in [4.78, 5) is 8.62. The van der Waals surface area contributed by atoms with E-state index in [1.54, 1.807) is 6.20 Å². The molecule has 0 amide bonds. The zero-order valence-electron chi connectivity index (χ0n) is 12.5. The summed E-state index contributed by atoms with van der Waals surface area (Å²) in [7, 11) is 0. The third-order valence-electron chi connectivity index (χ3n) is 3.75. The fourth-order valence-electron chi connectivity index (χ4n) is 2.67. The highest BCUT2D eigenvalue weighted by Crippen LogP contribution is 2.24. The van der Waals surface area contributed by atoms with Crippen molar-refractivity contribution in [2.45, 2.75) is 25.7 Å². The van der Waals surface area contributed by atoms with Gasteiger partial charge >= 0.3 is 0 Å². The van der Waals surface area contributed by atoms with Gasteiger partial charge < -0.3 is 11.1 Å². The number of aromatic nitrogens is 1. The zero-order valence-corrected chi connectivity index (χ0v) is 14.8.